The maximum absolute atomic E-state index is 10.8. The molecule has 2 atom stereocenters. The molecule has 0 spiro atoms. The lowest BCUT2D eigenvalue weighted by atomic mass is 9.78. The highest BCUT2D eigenvalue weighted by Crippen LogP contribution is 2.30. The van der Waals surface area contributed by atoms with Gasteiger partial charge >= 0.3 is 0 Å². The van der Waals surface area contributed by atoms with E-state index in [-0.39, 0.29) is 12.5 Å². The van der Waals surface area contributed by atoms with Gasteiger partial charge in [-0.1, -0.05) is 74.0 Å². The van der Waals surface area contributed by atoms with Gasteiger partial charge < -0.3 is 14.9 Å². The Morgan fingerprint density at radius 3 is 2.32 bits per heavy atom. The van der Waals surface area contributed by atoms with E-state index < -0.39 is 11.5 Å². The van der Waals surface area contributed by atoms with Crippen LogP contribution in [-0.4, -0.2) is 29.5 Å². The van der Waals surface area contributed by atoms with Gasteiger partial charge in [0.2, 0.25) is 0 Å². The third-order valence-corrected chi connectivity index (χ3v) is 4.91. The number of halogens is 1. The summed E-state index contributed by atoms with van der Waals surface area (Å²) in [7, 11) is 0. The van der Waals surface area contributed by atoms with Gasteiger partial charge in [0.05, 0.1) is 25.9 Å². The molecule has 3 nitrogen and oxygen atoms in total. The number of hydrogen-bond donors (Lipinski definition) is 2. The van der Waals surface area contributed by atoms with Crippen molar-refractivity contribution < 1.29 is 14.9 Å². The summed E-state index contributed by atoms with van der Waals surface area (Å²) in [5.41, 5.74) is 1.46. The van der Waals surface area contributed by atoms with E-state index in [0.717, 1.165) is 11.1 Å². The number of aliphatic hydroxyl groups is 2. The fourth-order valence-electron chi connectivity index (χ4n) is 2.84. The van der Waals surface area contributed by atoms with Crippen LogP contribution in [0.5, 0.6) is 0 Å². The first-order valence-corrected chi connectivity index (χ1v) is 8.96. The van der Waals surface area contributed by atoms with Crippen LogP contribution in [-0.2, 0) is 17.8 Å². The van der Waals surface area contributed by atoms with Crippen molar-refractivity contribution in [1.29, 1.82) is 0 Å². The van der Waals surface area contributed by atoms with Crippen molar-refractivity contribution in [2.75, 3.05) is 13.2 Å². The molecule has 0 aliphatic rings. The Balaban J connectivity index is 2.07. The number of rotatable bonds is 9. The lowest BCUT2D eigenvalue weighted by molar-refractivity contribution is -0.0577. The van der Waals surface area contributed by atoms with Crippen molar-refractivity contribution in [2.45, 2.75) is 33.0 Å². The van der Waals surface area contributed by atoms with Crippen LogP contribution in [0.15, 0.2) is 54.6 Å². The Kier molecular flexibility index (Phi) is 7.45. The van der Waals surface area contributed by atoms with E-state index >= 15 is 0 Å². The summed E-state index contributed by atoms with van der Waals surface area (Å²) in [6.45, 7) is 4.51. The summed E-state index contributed by atoms with van der Waals surface area (Å²) in [4.78, 5) is 0. The van der Waals surface area contributed by atoms with Crippen LogP contribution in [0.3, 0.4) is 0 Å². The van der Waals surface area contributed by atoms with E-state index in [0.29, 0.717) is 24.7 Å². The van der Waals surface area contributed by atoms with Crippen LogP contribution in [0.2, 0.25) is 5.02 Å². The van der Waals surface area contributed by atoms with Crippen LogP contribution in [0.1, 0.15) is 25.0 Å². The largest absolute Gasteiger partial charge is 0.396 e. The molecule has 2 aromatic carbocycles. The zero-order valence-corrected chi connectivity index (χ0v) is 15.6. The van der Waals surface area contributed by atoms with Gasteiger partial charge in [-0.15, -0.1) is 0 Å². The lowest BCUT2D eigenvalue weighted by Gasteiger charge is -2.34. The van der Waals surface area contributed by atoms with Crippen molar-refractivity contribution in [3.8, 4) is 0 Å². The van der Waals surface area contributed by atoms with Gasteiger partial charge in [0.1, 0.15) is 0 Å². The Morgan fingerprint density at radius 2 is 1.68 bits per heavy atom. The van der Waals surface area contributed by atoms with Crippen LogP contribution in [0.25, 0.3) is 0 Å². The molecule has 0 amide bonds. The molecule has 2 rings (SSSR count). The second kappa shape index (κ2) is 9.35. The second-order valence-electron chi connectivity index (χ2n) is 7.15. The molecule has 4 heteroatoms. The molecule has 136 valence electrons. The zero-order valence-electron chi connectivity index (χ0n) is 14.9. The maximum atomic E-state index is 10.8. The number of benzene rings is 2. The molecule has 2 N–H and O–H groups in total. The number of hydrogen-bond acceptors (Lipinski definition) is 3. The van der Waals surface area contributed by atoms with Gasteiger partial charge in [0, 0.05) is 16.4 Å². The summed E-state index contributed by atoms with van der Waals surface area (Å²) in [5, 5.41) is 21.1. The molecule has 2 unspecified atom stereocenters. The molecule has 0 aliphatic heterocycles. The first kappa shape index (κ1) is 19.9. The maximum Gasteiger partial charge on any atom is 0.0717 e. The van der Waals surface area contributed by atoms with Gasteiger partial charge in [-0.25, -0.2) is 0 Å². The van der Waals surface area contributed by atoms with Crippen molar-refractivity contribution in [2.24, 2.45) is 11.3 Å². The van der Waals surface area contributed by atoms with E-state index in [1.165, 1.54) is 0 Å². The molecule has 0 saturated heterocycles. The van der Waals surface area contributed by atoms with Crippen LogP contribution in [0, 0.1) is 11.3 Å². The first-order chi connectivity index (χ1) is 11.9. The molecule has 0 aromatic heterocycles. The quantitative estimate of drug-likeness (QED) is 0.706. The molecule has 0 saturated carbocycles. The smallest absolute Gasteiger partial charge is 0.0717 e. The second-order valence-corrected chi connectivity index (χ2v) is 7.56. The van der Waals surface area contributed by atoms with E-state index in [1.54, 1.807) is 0 Å². The Bertz CT molecular complexity index is 643. The fourth-order valence-corrected chi connectivity index (χ4v) is 3.05. The summed E-state index contributed by atoms with van der Waals surface area (Å²) >= 11 is 6.28. The molecular formula is C21H27ClO3. The molecule has 0 radical (unpaired) electrons. The van der Waals surface area contributed by atoms with Crippen LogP contribution >= 0.6 is 11.6 Å². The van der Waals surface area contributed by atoms with Gasteiger partial charge in [-0.05, 0) is 23.6 Å². The minimum absolute atomic E-state index is 0.0914. The zero-order chi connectivity index (χ0) is 18.3. The number of ether oxygens (including phenoxy) is 1. The van der Waals surface area contributed by atoms with Gasteiger partial charge in [0.15, 0.2) is 0 Å². The summed E-state index contributed by atoms with van der Waals surface area (Å²) < 4.78 is 5.87. The molecule has 0 bridgehead atoms. The van der Waals surface area contributed by atoms with E-state index in [1.807, 2.05) is 68.4 Å². The van der Waals surface area contributed by atoms with E-state index in [4.69, 9.17) is 16.3 Å². The third kappa shape index (κ3) is 5.82. The molecule has 0 heterocycles. The third-order valence-electron chi connectivity index (χ3n) is 4.54. The normalized spacial score (nSPS) is 14.3. The molecule has 2 aromatic rings. The predicted octanol–water partition coefficient (Wildman–Crippen LogP) is 4.09. The Hall–Kier alpha value is -1.39. The van der Waals surface area contributed by atoms with Gasteiger partial charge in [-0.2, -0.15) is 0 Å². The highest BCUT2D eigenvalue weighted by atomic mass is 35.5. The van der Waals surface area contributed by atoms with Crippen molar-refractivity contribution >= 4 is 11.6 Å². The summed E-state index contributed by atoms with van der Waals surface area (Å²) in [5.74, 6) is -0.161. The van der Waals surface area contributed by atoms with Crippen LogP contribution < -0.4 is 0 Å². The monoisotopic (exact) mass is 362 g/mol. The van der Waals surface area contributed by atoms with E-state index in [2.05, 4.69) is 0 Å². The van der Waals surface area contributed by atoms with Crippen molar-refractivity contribution in [1.82, 2.24) is 0 Å². The summed E-state index contributed by atoms with van der Waals surface area (Å²) in [6, 6.07) is 17.6. The summed E-state index contributed by atoms with van der Waals surface area (Å²) in [6.07, 6.45) is -0.108. The topological polar surface area (TPSA) is 49.7 Å². The minimum Gasteiger partial charge on any atom is -0.396 e. The van der Waals surface area contributed by atoms with Gasteiger partial charge in [0.25, 0.3) is 0 Å². The van der Waals surface area contributed by atoms with Crippen molar-refractivity contribution in [3.05, 3.63) is 70.7 Å². The SMILES string of the molecule is CC(C)(CO)C(O)C(COCc1ccccc1)Cc1ccccc1Cl. The standard InChI is InChI=1S/C21H27ClO3/c1-21(2,15-23)20(24)18(12-17-10-6-7-11-19(17)22)14-25-13-16-8-4-3-5-9-16/h3-11,18,20,23-24H,12-15H2,1-2H3. The first-order valence-electron chi connectivity index (χ1n) is 8.58. The Labute approximate surface area is 155 Å². The molecule has 0 fully saturated rings. The molecule has 25 heavy (non-hydrogen) atoms. The van der Waals surface area contributed by atoms with E-state index in [9.17, 15) is 10.2 Å². The fraction of sp³-hybridized carbons (Fsp3) is 0.429. The van der Waals surface area contributed by atoms with Crippen LogP contribution in [0.4, 0.5) is 0 Å². The average Bonchev–Trinajstić information content (AvgIpc) is 2.62. The molecular weight excluding hydrogens is 336 g/mol. The lowest BCUT2D eigenvalue weighted by Crippen LogP contribution is -2.41. The van der Waals surface area contributed by atoms with Gasteiger partial charge in [-0.3, -0.25) is 0 Å². The minimum atomic E-state index is -0.704. The Morgan fingerprint density at radius 1 is 1.04 bits per heavy atom. The van der Waals surface area contributed by atoms with Crippen molar-refractivity contribution in [3.63, 3.8) is 0 Å². The molecule has 0 aliphatic carbocycles. The average molecular weight is 363 g/mol. The highest BCUT2D eigenvalue weighted by Gasteiger charge is 2.34. The predicted molar refractivity (Wildman–Crippen MR) is 102 cm³/mol. The highest BCUT2D eigenvalue weighted by molar-refractivity contribution is 6.31. The number of aliphatic hydroxyl groups excluding tert-OH is 2.